The minimum atomic E-state index is 1.14. The highest BCUT2D eigenvalue weighted by Crippen LogP contribution is 2.34. The number of nitrogens with zero attached hydrogens (tertiary/aromatic N) is 1. The van der Waals surface area contributed by atoms with E-state index in [-0.39, 0.29) is 0 Å². The Bertz CT molecular complexity index is 813. The molecule has 0 bridgehead atoms. The van der Waals surface area contributed by atoms with Gasteiger partial charge in [-0.2, -0.15) is 0 Å². The Balaban J connectivity index is 2.70. The Morgan fingerprint density at radius 2 is 1.26 bits per heavy atom. The Labute approximate surface area is 114 Å². The lowest BCUT2D eigenvalue weighted by Gasteiger charge is -2.16. The van der Waals surface area contributed by atoms with Gasteiger partial charge in [-0.25, -0.2) is 0 Å². The molecule has 2 aromatic carbocycles. The molecule has 0 atom stereocenters. The molecule has 0 saturated heterocycles. The van der Waals surface area contributed by atoms with E-state index in [1.807, 2.05) is 0 Å². The van der Waals surface area contributed by atoms with Gasteiger partial charge in [-0.15, -0.1) is 0 Å². The molecule has 1 aromatic heterocycles. The first-order valence-corrected chi connectivity index (χ1v) is 6.77. The van der Waals surface area contributed by atoms with Gasteiger partial charge >= 0.3 is 0 Å². The zero-order chi connectivity index (χ0) is 13.7. The summed E-state index contributed by atoms with van der Waals surface area (Å²) in [6.07, 6.45) is 0. The van der Waals surface area contributed by atoms with Crippen molar-refractivity contribution in [3.63, 3.8) is 0 Å². The van der Waals surface area contributed by atoms with Crippen molar-refractivity contribution in [1.29, 1.82) is 0 Å². The highest BCUT2D eigenvalue weighted by molar-refractivity contribution is 6.09. The molecule has 0 saturated carbocycles. The molecular formula is C18H19N. The van der Waals surface area contributed by atoms with Gasteiger partial charge in [0.05, 0.1) is 5.52 Å². The molecule has 1 nitrogen and oxygen atoms in total. The summed E-state index contributed by atoms with van der Waals surface area (Å²) in [5.74, 6) is 0. The maximum Gasteiger partial charge on any atom is 0.0789 e. The SMILES string of the molecule is Cc1nc2c(c(C)c1C)c(C)c(C)c1ccccc12. The second kappa shape index (κ2) is 4.06. The fraction of sp³-hybridized carbons (Fsp3) is 0.278. The molecule has 3 aromatic rings. The molecular weight excluding hydrogens is 230 g/mol. The van der Waals surface area contributed by atoms with Gasteiger partial charge in [-0.05, 0) is 62.3 Å². The lowest BCUT2D eigenvalue weighted by molar-refractivity contribution is 1.16. The normalized spacial score (nSPS) is 11.4. The summed E-state index contributed by atoms with van der Waals surface area (Å²) in [5.41, 5.74) is 7.70. The quantitative estimate of drug-likeness (QED) is 0.515. The van der Waals surface area contributed by atoms with Crippen LogP contribution >= 0.6 is 0 Å². The first-order valence-electron chi connectivity index (χ1n) is 6.77. The van der Waals surface area contributed by atoms with Crippen LogP contribution in [0.15, 0.2) is 24.3 Å². The highest BCUT2D eigenvalue weighted by Gasteiger charge is 2.13. The summed E-state index contributed by atoms with van der Waals surface area (Å²) >= 11 is 0. The van der Waals surface area contributed by atoms with Crippen molar-refractivity contribution in [3.05, 3.63) is 52.2 Å². The number of hydrogen-bond donors (Lipinski definition) is 0. The summed E-state index contributed by atoms with van der Waals surface area (Å²) in [5, 5.41) is 3.92. The fourth-order valence-electron chi connectivity index (χ4n) is 3.00. The van der Waals surface area contributed by atoms with E-state index < -0.39 is 0 Å². The third-order valence-corrected chi connectivity index (χ3v) is 4.52. The summed E-state index contributed by atoms with van der Waals surface area (Å²) in [6.45, 7) is 10.9. The molecule has 1 heterocycles. The van der Waals surface area contributed by atoms with Crippen molar-refractivity contribution in [2.75, 3.05) is 0 Å². The van der Waals surface area contributed by atoms with Gasteiger partial charge in [-0.3, -0.25) is 4.98 Å². The monoisotopic (exact) mass is 249 g/mol. The molecule has 0 unspecified atom stereocenters. The van der Waals surface area contributed by atoms with Crippen LogP contribution in [0.5, 0.6) is 0 Å². The average Bonchev–Trinajstić information content (AvgIpc) is 2.42. The molecule has 1 heteroatoms. The van der Waals surface area contributed by atoms with Gasteiger partial charge in [0, 0.05) is 16.5 Å². The molecule has 0 aliphatic carbocycles. The van der Waals surface area contributed by atoms with E-state index in [2.05, 4.69) is 58.9 Å². The average molecular weight is 249 g/mol. The molecule has 19 heavy (non-hydrogen) atoms. The number of pyridine rings is 1. The Morgan fingerprint density at radius 1 is 0.684 bits per heavy atom. The van der Waals surface area contributed by atoms with Crippen molar-refractivity contribution >= 4 is 21.7 Å². The largest absolute Gasteiger partial charge is 0.252 e. The standard InChI is InChI=1S/C18H19N/c1-10-12(3)17-13(4)11(2)15-8-6-7-9-16(15)18(17)19-14(10)5/h6-9H,1-5H3. The maximum absolute atomic E-state index is 4.87. The number of fused-ring (bicyclic) bond motifs is 3. The zero-order valence-electron chi connectivity index (χ0n) is 12.3. The Morgan fingerprint density at radius 3 is 1.95 bits per heavy atom. The number of hydrogen-bond acceptors (Lipinski definition) is 1. The summed E-state index contributed by atoms with van der Waals surface area (Å²) in [4.78, 5) is 4.87. The predicted octanol–water partition coefficient (Wildman–Crippen LogP) is 4.93. The molecule has 0 aliphatic heterocycles. The van der Waals surface area contributed by atoms with Gasteiger partial charge in [0.25, 0.3) is 0 Å². The minimum Gasteiger partial charge on any atom is -0.252 e. The Hall–Kier alpha value is -1.89. The second-order valence-electron chi connectivity index (χ2n) is 5.47. The van der Waals surface area contributed by atoms with Crippen molar-refractivity contribution in [2.45, 2.75) is 34.6 Å². The molecule has 0 fully saturated rings. The van der Waals surface area contributed by atoms with Crippen LogP contribution in [0, 0.1) is 34.6 Å². The van der Waals surface area contributed by atoms with Crippen LogP contribution in [-0.4, -0.2) is 4.98 Å². The first kappa shape index (κ1) is 12.2. The van der Waals surface area contributed by atoms with Crippen molar-refractivity contribution < 1.29 is 0 Å². The van der Waals surface area contributed by atoms with Crippen LogP contribution in [0.25, 0.3) is 21.7 Å². The van der Waals surface area contributed by atoms with E-state index in [4.69, 9.17) is 4.98 Å². The van der Waals surface area contributed by atoms with Crippen molar-refractivity contribution in [3.8, 4) is 0 Å². The molecule has 3 rings (SSSR count). The van der Waals surface area contributed by atoms with Gasteiger partial charge in [-0.1, -0.05) is 24.3 Å². The van der Waals surface area contributed by atoms with Crippen LogP contribution < -0.4 is 0 Å². The molecule has 96 valence electrons. The Kier molecular flexibility index (Phi) is 2.60. The lowest BCUT2D eigenvalue weighted by Crippen LogP contribution is -1.98. The van der Waals surface area contributed by atoms with E-state index in [9.17, 15) is 0 Å². The lowest BCUT2D eigenvalue weighted by atomic mass is 9.91. The van der Waals surface area contributed by atoms with Crippen molar-refractivity contribution in [2.24, 2.45) is 0 Å². The summed E-state index contributed by atoms with van der Waals surface area (Å²) < 4.78 is 0. The van der Waals surface area contributed by atoms with E-state index >= 15 is 0 Å². The predicted molar refractivity (Wildman–Crippen MR) is 82.9 cm³/mol. The number of aromatic nitrogens is 1. The van der Waals surface area contributed by atoms with Crippen LogP contribution in [0.2, 0.25) is 0 Å². The van der Waals surface area contributed by atoms with Crippen LogP contribution in [-0.2, 0) is 0 Å². The topological polar surface area (TPSA) is 12.9 Å². The second-order valence-corrected chi connectivity index (χ2v) is 5.47. The molecule has 0 aliphatic rings. The molecule has 0 spiro atoms. The van der Waals surface area contributed by atoms with Gasteiger partial charge < -0.3 is 0 Å². The first-order chi connectivity index (χ1) is 9.02. The van der Waals surface area contributed by atoms with Crippen LogP contribution in [0.3, 0.4) is 0 Å². The zero-order valence-corrected chi connectivity index (χ0v) is 12.3. The highest BCUT2D eigenvalue weighted by atomic mass is 14.7. The van der Waals surface area contributed by atoms with Crippen LogP contribution in [0.1, 0.15) is 27.9 Å². The maximum atomic E-state index is 4.87. The van der Waals surface area contributed by atoms with E-state index in [0.29, 0.717) is 0 Å². The molecule has 0 N–H and O–H groups in total. The smallest absolute Gasteiger partial charge is 0.0789 e. The fourth-order valence-corrected chi connectivity index (χ4v) is 3.00. The summed E-state index contributed by atoms with van der Waals surface area (Å²) in [7, 11) is 0. The minimum absolute atomic E-state index is 1.14. The van der Waals surface area contributed by atoms with E-state index in [0.717, 1.165) is 11.2 Å². The van der Waals surface area contributed by atoms with Crippen LogP contribution in [0.4, 0.5) is 0 Å². The third kappa shape index (κ3) is 1.58. The number of benzene rings is 2. The van der Waals surface area contributed by atoms with E-state index in [1.165, 1.54) is 38.4 Å². The molecule has 0 radical (unpaired) electrons. The van der Waals surface area contributed by atoms with Gasteiger partial charge in [0.15, 0.2) is 0 Å². The van der Waals surface area contributed by atoms with E-state index in [1.54, 1.807) is 0 Å². The number of rotatable bonds is 0. The van der Waals surface area contributed by atoms with Crippen molar-refractivity contribution in [1.82, 2.24) is 4.98 Å². The molecule has 0 amide bonds. The van der Waals surface area contributed by atoms with Gasteiger partial charge in [0.1, 0.15) is 0 Å². The van der Waals surface area contributed by atoms with Gasteiger partial charge in [0.2, 0.25) is 0 Å². The summed E-state index contributed by atoms with van der Waals surface area (Å²) in [6, 6.07) is 8.59. The number of aryl methyl sites for hydroxylation is 4. The third-order valence-electron chi connectivity index (χ3n) is 4.52.